The lowest BCUT2D eigenvalue weighted by Crippen LogP contribution is -2.37. The Labute approximate surface area is 290 Å². The van der Waals surface area contributed by atoms with Gasteiger partial charge >= 0.3 is 0 Å². The maximum atomic E-state index is 12.7. The Balaban J connectivity index is 0.000000283. The summed E-state index contributed by atoms with van der Waals surface area (Å²) in [6.45, 7) is 6.18. The number of rotatable bonds is 8. The number of nitrogens with two attached hydrogens (primary N) is 1. The molecule has 264 valence electrons. The number of carbonyl (C=O) groups is 3. The number of aryl methyl sites for hydroxylation is 1. The van der Waals surface area contributed by atoms with Crippen LogP contribution >= 0.6 is 0 Å². The van der Waals surface area contributed by atoms with Crippen LogP contribution in [0.25, 0.3) is 5.57 Å². The fourth-order valence-electron chi connectivity index (χ4n) is 6.56. The highest BCUT2D eigenvalue weighted by Crippen LogP contribution is 2.34. The Morgan fingerprint density at radius 3 is 2.17 bits per heavy atom. The Hall–Kier alpha value is -3.94. The Kier molecular flexibility index (Phi) is 15.9. The second kappa shape index (κ2) is 19.8. The van der Waals surface area contributed by atoms with Crippen molar-refractivity contribution in [1.82, 2.24) is 5.32 Å². The number of hydrogen-bond acceptors (Lipinski definition) is 6. The van der Waals surface area contributed by atoms with Gasteiger partial charge in [-0.1, -0.05) is 62.8 Å². The molecule has 8 heteroatoms. The van der Waals surface area contributed by atoms with Crippen molar-refractivity contribution in [3.8, 4) is 5.75 Å². The number of benzene rings is 2. The van der Waals surface area contributed by atoms with E-state index in [0.717, 1.165) is 54.2 Å². The molecule has 0 aromatic heterocycles. The van der Waals surface area contributed by atoms with Gasteiger partial charge in [0.2, 0.25) is 11.8 Å². The van der Waals surface area contributed by atoms with Crippen LogP contribution in [0.3, 0.4) is 0 Å². The second-order valence-electron chi connectivity index (χ2n) is 13.6. The van der Waals surface area contributed by atoms with Crippen LogP contribution in [-0.4, -0.2) is 51.1 Å². The summed E-state index contributed by atoms with van der Waals surface area (Å²) in [6, 6.07) is 14.8. The Bertz CT molecular complexity index is 1400. The summed E-state index contributed by atoms with van der Waals surface area (Å²) in [5.41, 5.74) is 11.3. The van der Waals surface area contributed by atoms with E-state index in [1.807, 2.05) is 45.2 Å². The monoisotopic (exact) mass is 660 g/mol. The molecule has 0 heterocycles. The number of nitrogens with one attached hydrogen (secondary N) is 1. The van der Waals surface area contributed by atoms with Gasteiger partial charge in [0, 0.05) is 64.0 Å². The van der Waals surface area contributed by atoms with Crippen LogP contribution in [0.4, 0.5) is 5.69 Å². The summed E-state index contributed by atoms with van der Waals surface area (Å²) >= 11 is 0. The number of methoxy groups -OCH3 is 1. The molecule has 2 amide bonds. The van der Waals surface area contributed by atoms with Gasteiger partial charge in [0.15, 0.2) is 0 Å². The minimum atomic E-state index is -0.0255. The molecule has 0 radical (unpaired) electrons. The molecule has 0 saturated heterocycles. The molecule has 3 fully saturated rings. The molecule has 0 atom stereocenters. The second-order valence-corrected chi connectivity index (χ2v) is 13.6. The van der Waals surface area contributed by atoms with Crippen molar-refractivity contribution >= 4 is 35.1 Å². The zero-order valence-corrected chi connectivity index (χ0v) is 30.1. The summed E-state index contributed by atoms with van der Waals surface area (Å²) in [5.74, 6) is 2.36. The summed E-state index contributed by atoms with van der Waals surface area (Å²) in [6.07, 6.45) is 16.8. The topological polar surface area (TPSA) is 114 Å². The quantitative estimate of drug-likeness (QED) is 0.279. The van der Waals surface area contributed by atoms with Gasteiger partial charge in [0.05, 0.1) is 13.0 Å². The lowest BCUT2D eigenvalue weighted by molar-refractivity contribution is -0.137. The van der Waals surface area contributed by atoms with Gasteiger partial charge in [-0.05, 0) is 87.3 Å². The average molecular weight is 661 g/mol. The third-order valence-corrected chi connectivity index (χ3v) is 9.60. The smallest absolute Gasteiger partial charge is 0.229 e. The van der Waals surface area contributed by atoms with Crippen molar-refractivity contribution in [2.45, 2.75) is 110 Å². The number of allylic oxidation sites excluding steroid dienone is 1. The molecular weight excluding hydrogens is 600 g/mol. The first-order valence-corrected chi connectivity index (χ1v) is 17.8. The van der Waals surface area contributed by atoms with Crippen molar-refractivity contribution in [1.29, 1.82) is 0 Å². The van der Waals surface area contributed by atoms with Crippen LogP contribution in [0.2, 0.25) is 0 Å². The number of amides is 2. The van der Waals surface area contributed by atoms with E-state index in [0.29, 0.717) is 12.8 Å². The number of aliphatic imine (C=N–C) groups is 1. The highest BCUT2D eigenvalue weighted by molar-refractivity contribution is 6.10. The minimum absolute atomic E-state index is 0. The van der Waals surface area contributed by atoms with E-state index in [2.05, 4.69) is 35.4 Å². The van der Waals surface area contributed by atoms with Crippen molar-refractivity contribution in [2.24, 2.45) is 22.6 Å². The van der Waals surface area contributed by atoms with E-state index < -0.39 is 0 Å². The molecule has 48 heavy (non-hydrogen) atoms. The number of anilines is 1. The molecule has 0 bridgehead atoms. The first kappa shape index (κ1) is 38.5. The molecule has 3 N–H and O–H groups in total. The Morgan fingerprint density at radius 1 is 0.979 bits per heavy atom. The third-order valence-electron chi connectivity index (χ3n) is 9.60. The molecule has 0 unspecified atom stereocenters. The van der Waals surface area contributed by atoms with Gasteiger partial charge in [-0.15, -0.1) is 0 Å². The van der Waals surface area contributed by atoms with Crippen molar-refractivity contribution in [3.63, 3.8) is 0 Å². The molecule has 5 rings (SSSR count). The highest BCUT2D eigenvalue weighted by Gasteiger charge is 2.31. The maximum absolute atomic E-state index is 12.7. The van der Waals surface area contributed by atoms with Gasteiger partial charge in [0.25, 0.3) is 0 Å². The summed E-state index contributed by atoms with van der Waals surface area (Å²) < 4.78 is 5.29. The number of Topliss-reactive ketones (excluding diaryl/α,β-unsaturated/α-hetero) is 1. The maximum Gasteiger partial charge on any atom is 0.229 e. The zero-order valence-electron chi connectivity index (χ0n) is 30.1. The Morgan fingerprint density at radius 2 is 1.62 bits per heavy atom. The minimum Gasteiger partial charge on any atom is -0.496 e. The molecule has 2 aromatic carbocycles. The highest BCUT2D eigenvalue weighted by atomic mass is 16.5. The molecule has 3 aliphatic rings. The van der Waals surface area contributed by atoms with Crippen LogP contribution in [0.15, 0.2) is 53.7 Å². The van der Waals surface area contributed by atoms with E-state index in [4.69, 9.17) is 10.5 Å². The van der Waals surface area contributed by atoms with Gasteiger partial charge in [-0.3, -0.25) is 19.4 Å². The van der Waals surface area contributed by atoms with E-state index in [-0.39, 0.29) is 36.9 Å². The van der Waals surface area contributed by atoms with E-state index in [1.54, 1.807) is 31.5 Å². The predicted molar refractivity (Wildman–Crippen MR) is 200 cm³/mol. The molecule has 3 aliphatic carbocycles. The molecule has 0 aliphatic heterocycles. The molecule has 2 aromatic rings. The molecule has 3 saturated carbocycles. The van der Waals surface area contributed by atoms with Gasteiger partial charge < -0.3 is 20.7 Å². The van der Waals surface area contributed by atoms with Crippen LogP contribution < -0.4 is 20.7 Å². The normalized spacial score (nSPS) is 17.5. The van der Waals surface area contributed by atoms with Gasteiger partial charge in [0.1, 0.15) is 11.5 Å². The predicted octanol–water partition coefficient (Wildman–Crippen LogP) is 8.02. The van der Waals surface area contributed by atoms with Crippen LogP contribution in [-0.2, 0) is 14.4 Å². The molecule has 8 nitrogen and oxygen atoms in total. The van der Waals surface area contributed by atoms with E-state index in [9.17, 15) is 14.4 Å². The van der Waals surface area contributed by atoms with Crippen LogP contribution in [0.1, 0.15) is 115 Å². The number of carbonyl (C=O) groups excluding carboxylic acids is 3. The van der Waals surface area contributed by atoms with Gasteiger partial charge in [-0.2, -0.15) is 0 Å². The molecule has 0 spiro atoms. The van der Waals surface area contributed by atoms with Crippen molar-refractivity contribution in [2.75, 3.05) is 26.1 Å². The third kappa shape index (κ3) is 11.6. The largest absolute Gasteiger partial charge is 0.496 e. The van der Waals surface area contributed by atoms with Crippen molar-refractivity contribution in [3.05, 3.63) is 65.4 Å². The SMILES string of the molecule is CC(C)N=C/C(=C\N)c1cccc(N(C)C(=O)C2CCCCC2)c1.CNC(=O)C1CC(=O)C1.COc1ccc(C2CCCCC2)cc1C.[HH]. The number of ether oxygens (including phenoxy) is 1. The first-order chi connectivity index (χ1) is 23.1. The summed E-state index contributed by atoms with van der Waals surface area (Å²) in [7, 11) is 5.19. The lowest BCUT2D eigenvalue weighted by atomic mass is 9.83. The number of nitrogens with zero attached hydrogens (tertiary/aromatic N) is 2. The van der Waals surface area contributed by atoms with E-state index in [1.165, 1.54) is 49.7 Å². The van der Waals surface area contributed by atoms with Crippen LogP contribution in [0.5, 0.6) is 5.75 Å². The first-order valence-electron chi connectivity index (χ1n) is 17.8. The molecular formula is C40H60N4O4. The number of ketones is 1. The van der Waals surface area contributed by atoms with Crippen LogP contribution in [0, 0.1) is 18.8 Å². The number of hydrogen-bond donors (Lipinski definition) is 2. The fourth-order valence-corrected chi connectivity index (χ4v) is 6.56. The summed E-state index contributed by atoms with van der Waals surface area (Å²) in [4.78, 5) is 39.9. The van der Waals surface area contributed by atoms with Crippen molar-refractivity contribution < 1.29 is 20.5 Å². The van der Waals surface area contributed by atoms with Gasteiger partial charge in [-0.25, -0.2) is 0 Å². The summed E-state index contributed by atoms with van der Waals surface area (Å²) in [5, 5.41) is 2.50. The fraction of sp³-hybridized carbons (Fsp3) is 0.550. The standard InChI is InChI=1S/C20H29N3O.C14H20O.C6H9NO2.H2/c1-15(2)22-14-18(13-21)17-10-7-11-19(12-17)23(3)20(24)16-8-5-4-6-9-16;1-11-10-13(8-9-14(11)15-2)12-6-4-3-5-7-12;1-7-6(9)4-2-5(8)3-4;/h7,10-16H,4-6,8-9,21H2,1-3H3;8-10,12H,3-7H2,1-2H3;4H,2-3H2,1H3,(H,7,9);1H/b18-13+,22-14?;;;. The van der Waals surface area contributed by atoms with E-state index >= 15 is 0 Å². The lowest BCUT2D eigenvalue weighted by Gasteiger charge is -2.26. The zero-order chi connectivity index (χ0) is 35.1. The average Bonchev–Trinajstić information content (AvgIpc) is 3.11.